The molecule has 4 heteroatoms. The van der Waals surface area contributed by atoms with Crippen LogP contribution in [0.15, 0.2) is 59.1 Å². The smallest absolute Gasteiger partial charge is 0.220 e. The molecule has 0 fully saturated rings. The van der Waals surface area contributed by atoms with Crippen LogP contribution in [0.3, 0.4) is 0 Å². The fraction of sp³-hybridized carbons (Fsp3) is 0.222. The van der Waals surface area contributed by atoms with Crippen LogP contribution < -0.4 is 5.32 Å². The van der Waals surface area contributed by atoms with Gasteiger partial charge in [0.15, 0.2) is 5.78 Å². The lowest BCUT2D eigenvalue weighted by molar-refractivity contribution is -0.121. The maximum absolute atomic E-state index is 12.0. The molecule has 1 N–H and O–H groups in total. The van der Waals surface area contributed by atoms with E-state index in [4.69, 9.17) is 0 Å². The summed E-state index contributed by atoms with van der Waals surface area (Å²) in [6.45, 7) is 1.93. The third kappa shape index (κ3) is 4.81. The molecule has 0 saturated heterocycles. The van der Waals surface area contributed by atoms with Crippen molar-refractivity contribution in [3.05, 3.63) is 70.2 Å². The quantitative estimate of drug-likeness (QED) is 0.782. The highest BCUT2D eigenvalue weighted by Gasteiger charge is 2.12. The number of hydrogen-bond acceptors (Lipinski definition) is 2. The zero-order valence-electron chi connectivity index (χ0n) is 12.4. The molecule has 0 unspecified atom stereocenters. The van der Waals surface area contributed by atoms with Crippen molar-refractivity contribution >= 4 is 27.6 Å². The molecule has 2 aromatic carbocycles. The SMILES string of the molecule is C[C@H](NC(=O)CCC(=O)c1ccccc1)c1ccc(Br)cc1. The minimum atomic E-state index is -0.111. The molecule has 0 aliphatic rings. The molecule has 114 valence electrons. The summed E-state index contributed by atoms with van der Waals surface area (Å²) in [4.78, 5) is 23.9. The van der Waals surface area contributed by atoms with Gasteiger partial charge >= 0.3 is 0 Å². The average Bonchev–Trinajstić information content (AvgIpc) is 2.54. The highest BCUT2D eigenvalue weighted by atomic mass is 79.9. The number of ketones is 1. The third-order valence-electron chi connectivity index (χ3n) is 3.42. The van der Waals surface area contributed by atoms with Crippen LogP contribution in [0.1, 0.15) is 41.7 Å². The molecule has 0 aromatic heterocycles. The number of carbonyl (C=O) groups is 2. The van der Waals surface area contributed by atoms with Gasteiger partial charge in [-0.1, -0.05) is 58.4 Å². The number of nitrogens with one attached hydrogen (secondary N) is 1. The lowest BCUT2D eigenvalue weighted by Crippen LogP contribution is -2.26. The van der Waals surface area contributed by atoms with Crippen LogP contribution in [0.2, 0.25) is 0 Å². The lowest BCUT2D eigenvalue weighted by Gasteiger charge is -2.14. The van der Waals surface area contributed by atoms with Crippen molar-refractivity contribution in [1.82, 2.24) is 5.32 Å². The summed E-state index contributed by atoms with van der Waals surface area (Å²) in [5.74, 6) is -0.119. The lowest BCUT2D eigenvalue weighted by atomic mass is 10.1. The average molecular weight is 360 g/mol. The van der Waals surface area contributed by atoms with Crippen LogP contribution in [-0.4, -0.2) is 11.7 Å². The molecule has 2 aromatic rings. The van der Waals surface area contributed by atoms with Gasteiger partial charge in [0, 0.05) is 22.9 Å². The van der Waals surface area contributed by atoms with Gasteiger partial charge < -0.3 is 5.32 Å². The van der Waals surface area contributed by atoms with Crippen molar-refractivity contribution in [2.45, 2.75) is 25.8 Å². The fourth-order valence-electron chi connectivity index (χ4n) is 2.14. The first kappa shape index (κ1) is 16.4. The second kappa shape index (κ2) is 7.90. The minimum absolute atomic E-state index is 0.00737. The Morgan fingerprint density at radius 3 is 2.27 bits per heavy atom. The molecule has 0 heterocycles. The normalized spacial score (nSPS) is 11.7. The predicted octanol–water partition coefficient (Wildman–Crippen LogP) is 4.29. The molecule has 0 bridgehead atoms. The zero-order chi connectivity index (χ0) is 15.9. The molecule has 2 rings (SSSR count). The molecule has 0 spiro atoms. The Morgan fingerprint density at radius 2 is 1.64 bits per heavy atom. The van der Waals surface area contributed by atoms with Crippen LogP contribution in [0.25, 0.3) is 0 Å². The standard InChI is InChI=1S/C18H18BrNO2/c1-13(14-7-9-16(19)10-8-14)20-18(22)12-11-17(21)15-5-3-2-4-6-15/h2-10,13H,11-12H2,1H3,(H,20,22)/t13-/m0/s1. The zero-order valence-corrected chi connectivity index (χ0v) is 14.0. The van der Waals surface area contributed by atoms with E-state index in [1.165, 1.54) is 0 Å². The Hall–Kier alpha value is -1.94. The van der Waals surface area contributed by atoms with E-state index in [0.29, 0.717) is 5.56 Å². The van der Waals surface area contributed by atoms with Gasteiger partial charge in [0.05, 0.1) is 6.04 Å². The molecular weight excluding hydrogens is 342 g/mol. The van der Waals surface area contributed by atoms with Crippen molar-refractivity contribution in [2.24, 2.45) is 0 Å². The molecule has 0 aliphatic heterocycles. The maximum Gasteiger partial charge on any atom is 0.220 e. The molecular formula is C18H18BrNO2. The van der Waals surface area contributed by atoms with Gasteiger partial charge in [-0.3, -0.25) is 9.59 Å². The number of hydrogen-bond donors (Lipinski definition) is 1. The Morgan fingerprint density at radius 1 is 1.00 bits per heavy atom. The van der Waals surface area contributed by atoms with Gasteiger partial charge in [0.1, 0.15) is 0 Å². The van der Waals surface area contributed by atoms with Crippen LogP contribution in [0.4, 0.5) is 0 Å². The van der Waals surface area contributed by atoms with Crippen LogP contribution >= 0.6 is 15.9 Å². The fourth-order valence-corrected chi connectivity index (χ4v) is 2.41. The maximum atomic E-state index is 12.0. The summed E-state index contributed by atoms with van der Waals surface area (Å²) in [6.07, 6.45) is 0.428. The van der Waals surface area contributed by atoms with Crippen molar-refractivity contribution in [2.75, 3.05) is 0 Å². The second-order valence-corrected chi connectivity index (χ2v) is 6.05. The summed E-state index contributed by atoms with van der Waals surface area (Å²) >= 11 is 3.38. The Bertz CT molecular complexity index is 638. The number of Topliss-reactive ketones (excluding diaryl/α,β-unsaturated/α-hetero) is 1. The van der Waals surface area contributed by atoms with E-state index in [1.54, 1.807) is 12.1 Å². The second-order valence-electron chi connectivity index (χ2n) is 5.13. The first-order chi connectivity index (χ1) is 10.6. The van der Waals surface area contributed by atoms with E-state index >= 15 is 0 Å². The Balaban J connectivity index is 1.83. The van der Waals surface area contributed by atoms with E-state index in [9.17, 15) is 9.59 Å². The van der Waals surface area contributed by atoms with Crippen LogP contribution in [0, 0.1) is 0 Å². The Labute approximate surface area is 138 Å². The largest absolute Gasteiger partial charge is 0.350 e. The number of rotatable bonds is 6. The third-order valence-corrected chi connectivity index (χ3v) is 3.95. The van der Waals surface area contributed by atoms with Gasteiger partial charge in [0.2, 0.25) is 5.91 Å². The van der Waals surface area contributed by atoms with Gasteiger partial charge in [-0.15, -0.1) is 0 Å². The Kier molecular flexibility index (Phi) is 5.90. The first-order valence-corrected chi connectivity index (χ1v) is 7.98. The summed E-state index contributed by atoms with van der Waals surface area (Å²) in [6, 6.07) is 16.8. The topological polar surface area (TPSA) is 46.2 Å². The highest BCUT2D eigenvalue weighted by Crippen LogP contribution is 2.16. The highest BCUT2D eigenvalue weighted by molar-refractivity contribution is 9.10. The van der Waals surface area contributed by atoms with Crippen molar-refractivity contribution in [3.63, 3.8) is 0 Å². The summed E-state index contributed by atoms with van der Waals surface area (Å²) in [5, 5.41) is 2.92. The van der Waals surface area contributed by atoms with Crippen molar-refractivity contribution in [1.29, 1.82) is 0 Å². The number of benzene rings is 2. The molecule has 0 saturated carbocycles. The summed E-state index contributed by atoms with van der Waals surface area (Å²) < 4.78 is 1.00. The van der Waals surface area contributed by atoms with Gasteiger partial charge in [0.25, 0.3) is 0 Å². The number of carbonyl (C=O) groups excluding carboxylic acids is 2. The summed E-state index contributed by atoms with van der Waals surface area (Å²) in [5.41, 5.74) is 1.68. The van der Waals surface area contributed by atoms with Gasteiger partial charge in [-0.05, 0) is 24.6 Å². The van der Waals surface area contributed by atoms with Crippen molar-refractivity contribution < 1.29 is 9.59 Å². The van der Waals surface area contributed by atoms with E-state index in [0.717, 1.165) is 10.0 Å². The molecule has 1 atom stereocenters. The van der Waals surface area contributed by atoms with Gasteiger partial charge in [-0.25, -0.2) is 0 Å². The molecule has 0 radical (unpaired) electrons. The molecule has 0 aliphatic carbocycles. The number of halogens is 1. The van der Waals surface area contributed by atoms with E-state index in [2.05, 4.69) is 21.2 Å². The number of amides is 1. The molecule has 22 heavy (non-hydrogen) atoms. The minimum Gasteiger partial charge on any atom is -0.350 e. The van der Waals surface area contributed by atoms with Crippen molar-refractivity contribution in [3.8, 4) is 0 Å². The van der Waals surface area contributed by atoms with Gasteiger partial charge in [-0.2, -0.15) is 0 Å². The monoisotopic (exact) mass is 359 g/mol. The van der Waals surface area contributed by atoms with Crippen LogP contribution in [-0.2, 0) is 4.79 Å². The first-order valence-electron chi connectivity index (χ1n) is 7.19. The van der Waals surface area contributed by atoms with E-state index in [1.807, 2.05) is 49.4 Å². The predicted molar refractivity (Wildman–Crippen MR) is 90.7 cm³/mol. The summed E-state index contributed by atoms with van der Waals surface area (Å²) in [7, 11) is 0. The molecule has 3 nitrogen and oxygen atoms in total. The van der Waals surface area contributed by atoms with E-state index < -0.39 is 0 Å². The van der Waals surface area contributed by atoms with Crippen LogP contribution in [0.5, 0.6) is 0 Å². The molecule has 1 amide bonds. The van der Waals surface area contributed by atoms with E-state index in [-0.39, 0.29) is 30.6 Å².